The maximum atomic E-state index is 4.90. The Kier molecular flexibility index (Phi) is 5.07. The third kappa shape index (κ3) is 3.34. The Morgan fingerprint density at radius 2 is 0.979 bits per heavy atom. The van der Waals surface area contributed by atoms with Gasteiger partial charge in [0, 0.05) is 22.0 Å². The smallest absolute Gasteiger partial charge is 0.0581 e. The van der Waals surface area contributed by atoms with Crippen molar-refractivity contribution in [3.8, 4) is 22.3 Å². The summed E-state index contributed by atoms with van der Waals surface area (Å²) in [4.78, 5) is 2.61. The summed E-state index contributed by atoms with van der Waals surface area (Å²) >= 11 is 0. The molecule has 0 aliphatic carbocycles. The fourth-order valence-corrected chi connectivity index (χ4v) is 8.97. The van der Waals surface area contributed by atoms with Gasteiger partial charge in [-0.05, 0) is 102 Å². The topological polar surface area (TPSA) is 3.24 Å². The summed E-state index contributed by atoms with van der Waals surface area (Å²) in [6.45, 7) is 14.5. The van der Waals surface area contributed by atoms with Crippen molar-refractivity contribution in [1.29, 1.82) is 0 Å². The number of benzene rings is 7. The molecule has 0 unspecified atom stereocenters. The molecule has 0 radical (unpaired) electrons. The molecule has 0 bridgehead atoms. The van der Waals surface area contributed by atoms with Gasteiger partial charge in [0.25, 0.3) is 0 Å². The highest BCUT2D eigenvalue weighted by molar-refractivity contribution is 6.15. The predicted octanol–water partition coefficient (Wildman–Crippen LogP) is 12.5. The molecule has 47 heavy (non-hydrogen) atoms. The molecular weight excluding hydrogens is 567 g/mol. The van der Waals surface area contributed by atoms with Crippen LogP contribution in [0.4, 0.5) is 17.1 Å². The van der Waals surface area contributed by atoms with E-state index < -0.39 is 0 Å². The van der Waals surface area contributed by atoms with Crippen LogP contribution in [-0.2, 0) is 10.8 Å². The van der Waals surface area contributed by atoms with Crippen LogP contribution in [0, 0.1) is 0 Å². The maximum Gasteiger partial charge on any atom is 0.0581 e. The van der Waals surface area contributed by atoms with E-state index >= 15 is 0 Å². The van der Waals surface area contributed by atoms with Gasteiger partial charge in [-0.3, -0.25) is 0 Å². The van der Waals surface area contributed by atoms with Crippen molar-refractivity contribution in [1.82, 2.24) is 0 Å². The molecule has 0 atom stereocenters. The first-order valence-corrected chi connectivity index (χ1v) is 16.7. The van der Waals surface area contributed by atoms with Crippen LogP contribution in [0.1, 0.15) is 61.1 Å². The summed E-state index contributed by atoms with van der Waals surface area (Å²) in [6.07, 6.45) is 0. The monoisotopic (exact) mass is 601 g/mol. The lowest BCUT2D eigenvalue weighted by atomic mass is 9.63. The zero-order valence-corrected chi connectivity index (χ0v) is 27.3. The van der Waals surface area contributed by atoms with Crippen molar-refractivity contribution in [2.75, 3.05) is 4.90 Å². The average Bonchev–Trinajstić information content (AvgIpc) is 3.10. The van der Waals surface area contributed by atoms with E-state index in [0.29, 0.717) is 0 Å². The van der Waals surface area contributed by atoms with Gasteiger partial charge >= 0.3 is 0 Å². The first kappa shape index (κ1) is 26.8. The third-order valence-corrected chi connectivity index (χ3v) is 11.5. The quantitative estimate of drug-likeness (QED) is 0.178. The van der Waals surface area contributed by atoms with Crippen LogP contribution in [0.2, 0.25) is 0 Å². The summed E-state index contributed by atoms with van der Waals surface area (Å²) in [6, 6.07) is 47.6. The molecule has 0 fully saturated rings. The van der Waals surface area contributed by atoms with E-state index in [1.807, 2.05) is 0 Å². The normalized spacial score (nSPS) is 16.0. The van der Waals surface area contributed by atoms with E-state index in [0.717, 1.165) is 5.57 Å². The molecule has 0 saturated carbocycles. The van der Waals surface area contributed by atoms with E-state index in [1.165, 1.54) is 94.2 Å². The van der Waals surface area contributed by atoms with Crippen LogP contribution < -0.4 is 4.90 Å². The van der Waals surface area contributed by atoms with Crippen molar-refractivity contribution in [2.45, 2.75) is 38.5 Å². The van der Waals surface area contributed by atoms with Gasteiger partial charge in [0.05, 0.1) is 17.1 Å². The molecule has 1 heteroatoms. The molecule has 3 aliphatic rings. The summed E-state index contributed by atoms with van der Waals surface area (Å²) in [7, 11) is 0. The Hall–Kier alpha value is -5.40. The number of fused-ring (bicyclic) bond motifs is 3. The van der Waals surface area contributed by atoms with Crippen molar-refractivity contribution in [3.63, 3.8) is 0 Å². The van der Waals surface area contributed by atoms with Crippen LogP contribution >= 0.6 is 0 Å². The fraction of sp³-hybridized carbons (Fsp3) is 0.130. The molecular formula is C46H35N. The first-order chi connectivity index (χ1) is 22.7. The summed E-state index contributed by atoms with van der Waals surface area (Å²) in [5.74, 6) is 0. The third-order valence-electron chi connectivity index (χ3n) is 11.5. The van der Waals surface area contributed by atoms with E-state index in [9.17, 15) is 0 Å². The van der Waals surface area contributed by atoms with Crippen molar-refractivity contribution in [3.05, 3.63) is 167 Å². The van der Waals surface area contributed by atoms with Gasteiger partial charge < -0.3 is 4.90 Å². The van der Waals surface area contributed by atoms with E-state index in [2.05, 4.69) is 160 Å². The Balaban J connectivity index is 1.33. The van der Waals surface area contributed by atoms with Crippen LogP contribution in [0.3, 0.4) is 0 Å². The van der Waals surface area contributed by atoms with Crippen LogP contribution in [0.5, 0.6) is 0 Å². The number of para-hydroxylation sites is 1. The predicted molar refractivity (Wildman–Crippen MR) is 199 cm³/mol. The van der Waals surface area contributed by atoms with E-state index in [1.54, 1.807) is 0 Å². The molecule has 7 aromatic carbocycles. The Morgan fingerprint density at radius 1 is 0.426 bits per heavy atom. The average molecular weight is 602 g/mol. The molecule has 10 rings (SSSR count). The summed E-state index contributed by atoms with van der Waals surface area (Å²) in [5, 5.41) is 5.13. The molecule has 1 nitrogen and oxygen atoms in total. The molecule has 0 N–H and O–H groups in total. The zero-order valence-electron chi connectivity index (χ0n) is 27.3. The van der Waals surface area contributed by atoms with Gasteiger partial charge in [0.1, 0.15) is 0 Å². The number of nitrogens with zero attached hydrogens (tertiary/aromatic N) is 1. The maximum absolute atomic E-state index is 4.90. The van der Waals surface area contributed by atoms with Crippen LogP contribution in [0.15, 0.2) is 134 Å². The largest absolute Gasteiger partial charge is 0.308 e. The highest BCUT2D eigenvalue weighted by Crippen LogP contribution is 2.65. The molecule has 3 aliphatic heterocycles. The van der Waals surface area contributed by atoms with E-state index in [-0.39, 0.29) is 10.8 Å². The van der Waals surface area contributed by atoms with Gasteiger partial charge in [-0.25, -0.2) is 0 Å². The Bertz CT molecular complexity index is 2530. The van der Waals surface area contributed by atoms with Crippen LogP contribution in [-0.4, -0.2) is 0 Å². The highest BCUT2D eigenvalue weighted by Gasteiger charge is 2.49. The van der Waals surface area contributed by atoms with Crippen LogP contribution in [0.25, 0.3) is 49.4 Å². The standard InChI is InChI=1S/C46H35N/c1-27-35-23-30(28-14-7-6-8-15-28)25-40-42(35)47-43-36(27)24-31(37-22-29-16-9-10-17-32(29)33-18-11-12-19-34(33)37)26-41(43)46(4,5)39-21-13-20-38(44(39)47)45(40,2)3/h6-26H,1H2,2-5H3. The number of hydrogen-bond donors (Lipinski definition) is 0. The van der Waals surface area contributed by atoms with Gasteiger partial charge in [-0.1, -0.05) is 131 Å². The van der Waals surface area contributed by atoms with Crippen molar-refractivity contribution < 1.29 is 0 Å². The Morgan fingerprint density at radius 3 is 1.66 bits per heavy atom. The molecule has 0 spiro atoms. The second-order valence-electron chi connectivity index (χ2n) is 14.7. The number of hydrogen-bond acceptors (Lipinski definition) is 1. The molecule has 3 heterocycles. The SMILES string of the molecule is C=C1c2cc(-c3ccccc3)cc3c2N2c4c1cc(-c1cc5ccccc5c5ccccc15)cc4C(C)(C)c1cccc(c12)C3(C)C. The molecule has 0 aromatic heterocycles. The molecule has 224 valence electrons. The molecule has 0 saturated heterocycles. The second kappa shape index (κ2) is 8.90. The summed E-state index contributed by atoms with van der Waals surface area (Å²) in [5.41, 5.74) is 17.6. The minimum Gasteiger partial charge on any atom is -0.308 e. The molecule has 7 aromatic rings. The van der Waals surface area contributed by atoms with Crippen molar-refractivity contribution >= 4 is 44.2 Å². The first-order valence-electron chi connectivity index (χ1n) is 16.7. The lowest BCUT2D eigenvalue weighted by molar-refractivity contribution is 0.596. The zero-order chi connectivity index (χ0) is 31.8. The lowest BCUT2D eigenvalue weighted by Crippen LogP contribution is -2.40. The number of anilines is 3. The van der Waals surface area contributed by atoms with Crippen molar-refractivity contribution in [2.24, 2.45) is 0 Å². The highest BCUT2D eigenvalue weighted by atomic mass is 15.2. The fourth-order valence-electron chi connectivity index (χ4n) is 8.97. The minimum atomic E-state index is -0.204. The van der Waals surface area contributed by atoms with Gasteiger partial charge in [0.15, 0.2) is 0 Å². The Labute approximate surface area is 276 Å². The minimum absolute atomic E-state index is 0.175. The summed E-state index contributed by atoms with van der Waals surface area (Å²) < 4.78 is 0. The number of rotatable bonds is 2. The second-order valence-corrected chi connectivity index (χ2v) is 14.7. The molecule has 0 amide bonds. The van der Waals surface area contributed by atoms with Gasteiger partial charge in [0.2, 0.25) is 0 Å². The van der Waals surface area contributed by atoms with Gasteiger partial charge in [-0.2, -0.15) is 0 Å². The lowest BCUT2D eigenvalue weighted by Gasteiger charge is -2.52. The van der Waals surface area contributed by atoms with Gasteiger partial charge in [-0.15, -0.1) is 0 Å². The van der Waals surface area contributed by atoms with E-state index in [4.69, 9.17) is 6.58 Å².